The van der Waals surface area contributed by atoms with Crippen molar-refractivity contribution < 1.29 is 10.2 Å². The van der Waals surface area contributed by atoms with E-state index in [1.54, 1.807) is 23.1 Å². The van der Waals surface area contributed by atoms with E-state index in [9.17, 15) is 5.11 Å². The molecule has 0 aliphatic heterocycles. The third-order valence-electron chi connectivity index (χ3n) is 2.55. The van der Waals surface area contributed by atoms with Crippen molar-refractivity contribution in [3.05, 3.63) is 40.1 Å². The van der Waals surface area contributed by atoms with E-state index in [-0.39, 0.29) is 17.4 Å². The highest BCUT2D eigenvalue weighted by Gasteiger charge is 2.08. The van der Waals surface area contributed by atoms with Crippen LogP contribution in [0.1, 0.15) is 5.56 Å². The first-order chi connectivity index (χ1) is 9.10. The second-order valence-electron chi connectivity index (χ2n) is 3.96. The summed E-state index contributed by atoms with van der Waals surface area (Å²) in [6.45, 7) is 0.846. The molecule has 1 aromatic carbocycles. The van der Waals surface area contributed by atoms with Crippen molar-refractivity contribution in [2.75, 3.05) is 11.9 Å². The molecule has 1 heterocycles. The van der Waals surface area contributed by atoms with Crippen LogP contribution in [0.2, 0.25) is 10.0 Å². The predicted octanol–water partition coefficient (Wildman–Crippen LogP) is 2.50. The predicted molar refractivity (Wildman–Crippen MR) is 74.8 cm³/mol. The monoisotopic (exact) mass is 301 g/mol. The van der Waals surface area contributed by atoms with Crippen molar-refractivity contribution >= 4 is 28.9 Å². The Bertz CT molecular complexity index is 572. The minimum atomic E-state index is 0.0151. The first kappa shape index (κ1) is 14.0. The summed E-state index contributed by atoms with van der Waals surface area (Å²) in [5.41, 5.74) is 1.39. The number of aliphatic hydroxyl groups is 1. The topological polar surface area (TPSA) is 70.3 Å². The summed E-state index contributed by atoms with van der Waals surface area (Å²) in [4.78, 5) is 0. The zero-order valence-electron chi connectivity index (χ0n) is 9.98. The van der Waals surface area contributed by atoms with E-state index < -0.39 is 0 Å². The molecule has 0 saturated carbocycles. The molecule has 0 unspecified atom stereocenters. The van der Waals surface area contributed by atoms with Crippen molar-refractivity contribution in [1.29, 1.82) is 0 Å². The second kappa shape index (κ2) is 6.14. The molecule has 2 rings (SSSR count). The van der Waals surface area contributed by atoms with Gasteiger partial charge in [-0.1, -0.05) is 23.2 Å². The standard InChI is InChI=1S/C12H13Cl2N3O2/c13-9-3-8(12(19)11(14)4-9)5-15-10-6-16-17(7-10)1-2-18/h3-4,6-7,15,18-19H,1-2,5H2. The van der Waals surface area contributed by atoms with E-state index in [1.165, 1.54) is 6.07 Å². The lowest BCUT2D eigenvalue weighted by Gasteiger charge is -2.08. The van der Waals surface area contributed by atoms with Crippen LogP contribution in [0, 0.1) is 0 Å². The van der Waals surface area contributed by atoms with Crippen LogP contribution in [-0.4, -0.2) is 26.6 Å². The number of phenols is 1. The van der Waals surface area contributed by atoms with Crippen LogP contribution >= 0.6 is 23.2 Å². The summed E-state index contributed by atoms with van der Waals surface area (Å²) in [6, 6.07) is 3.13. The SMILES string of the molecule is OCCn1cc(NCc2cc(Cl)cc(Cl)c2O)cn1. The number of anilines is 1. The summed E-state index contributed by atoms with van der Waals surface area (Å²) in [5.74, 6) is 0.0151. The molecule has 0 bridgehead atoms. The third kappa shape index (κ3) is 3.53. The van der Waals surface area contributed by atoms with Gasteiger partial charge in [-0.2, -0.15) is 5.10 Å². The molecule has 0 aliphatic carbocycles. The van der Waals surface area contributed by atoms with Crippen LogP contribution in [0.25, 0.3) is 0 Å². The number of aliphatic hydroxyl groups excluding tert-OH is 1. The van der Waals surface area contributed by atoms with Gasteiger partial charge in [0.25, 0.3) is 0 Å². The second-order valence-corrected chi connectivity index (χ2v) is 4.81. The van der Waals surface area contributed by atoms with E-state index in [4.69, 9.17) is 28.3 Å². The van der Waals surface area contributed by atoms with Crippen molar-refractivity contribution in [3.8, 4) is 5.75 Å². The normalized spacial score (nSPS) is 10.7. The summed E-state index contributed by atoms with van der Waals surface area (Å²) in [7, 11) is 0. The van der Waals surface area contributed by atoms with Crippen molar-refractivity contribution in [3.63, 3.8) is 0 Å². The average molecular weight is 302 g/mol. The number of aromatic hydroxyl groups is 1. The molecule has 2 aromatic rings. The van der Waals surface area contributed by atoms with Crippen LogP contribution < -0.4 is 5.32 Å². The lowest BCUT2D eigenvalue weighted by molar-refractivity contribution is 0.269. The first-order valence-electron chi connectivity index (χ1n) is 5.64. The zero-order chi connectivity index (χ0) is 13.8. The summed E-state index contributed by atoms with van der Waals surface area (Å²) in [6.07, 6.45) is 3.40. The molecular formula is C12H13Cl2N3O2. The Hall–Kier alpha value is -1.43. The molecule has 1 aromatic heterocycles. The van der Waals surface area contributed by atoms with E-state index >= 15 is 0 Å². The van der Waals surface area contributed by atoms with Gasteiger partial charge in [-0.25, -0.2) is 0 Å². The Morgan fingerprint density at radius 3 is 2.84 bits per heavy atom. The van der Waals surface area contributed by atoms with Crippen molar-refractivity contribution in [2.24, 2.45) is 0 Å². The fraction of sp³-hybridized carbons (Fsp3) is 0.250. The van der Waals surface area contributed by atoms with Gasteiger partial charge in [0.1, 0.15) is 5.75 Å². The number of hydrogen-bond acceptors (Lipinski definition) is 4. The van der Waals surface area contributed by atoms with Gasteiger partial charge < -0.3 is 15.5 Å². The largest absolute Gasteiger partial charge is 0.506 e. The minimum Gasteiger partial charge on any atom is -0.506 e. The number of nitrogens with one attached hydrogen (secondary N) is 1. The van der Waals surface area contributed by atoms with Crippen molar-refractivity contribution in [1.82, 2.24) is 9.78 Å². The van der Waals surface area contributed by atoms with E-state index in [1.807, 2.05) is 0 Å². The molecule has 19 heavy (non-hydrogen) atoms. The fourth-order valence-electron chi connectivity index (χ4n) is 1.63. The van der Waals surface area contributed by atoms with Crippen LogP contribution in [0.3, 0.4) is 0 Å². The lowest BCUT2D eigenvalue weighted by atomic mass is 10.2. The summed E-state index contributed by atoms with van der Waals surface area (Å²) in [5, 5.41) is 26.4. The maximum Gasteiger partial charge on any atom is 0.139 e. The van der Waals surface area contributed by atoms with Crippen molar-refractivity contribution in [2.45, 2.75) is 13.1 Å². The molecule has 3 N–H and O–H groups in total. The molecule has 0 amide bonds. The van der Waals surface area contributed by atoms with E-state index in [2.05, 4.69) is 10.4 Å². The molecule has 0 fully saturated rings. The quantitative estimate of drug-likeness (QED) is 0.793. The average Bonchev–Trinajstić information content (AvgIpc) is 2.80. The van der Waals surface area contributed by atoms with Crippen LogP contribution in [-0.2, 0) is 13.1 Å². The molecule has 0 aliphatic rings. The molecular weight excluding hydrogens is 289 g/mol. The molecule has 102 valence electrons. The maximum atomic E-state index is 9.80. The molecule has 0 radical (unpaired) electrons. The Morgan fingerprint density at radius 2 is 2.11 bits per heavy atom. The van der Waals surface area contributed by atoms with Gasteiger partial charge in [-0.15, -0.1) is 0 Å². The number of nitrogens with zero attached hydrogens (tertiary/aromatic N) is 2. The molecule has 0 atom stereocenters. The van der Waals surface area contributed by atoms with E-state index in [0.717, 1.165) is 5.69 Å². The van der Waals surface area contributed by atoms with Gasteiger partial charge in [0, 0.05) is 23.3 Å². The Labute approximate surface area is 120 Å². The fourth-order valence-corrected chi connectivity index (χ4v) is 2.17. The van der Waals surface area contributed by atoms with Gasteiger partial charge in [-0.05, 0) is 12.1 Å². The van der Waals surface area contributed by atoms with Gasteiger partial charge in [0.05, 0.1) is 30.1 Å². The summed E-state index contributed by atoms with van der Waals surface area (Å²) < 4.78 is 1.62. The smallest absolute Gasteiger partial charge is 0.139 e. The molecule has 7 heteroatoms. The number of phenolic OH excluding ortho intramolecular Hbond substituents is 1. The molecule has 0 spiro atoms. The highest BCUT2D eigenvalue weighted by molar-refractivity contribution is 6.35. The van der Waals surface area contributed by atoms with Crippen LogP contribution in [0.4, 0.5) is 5.69 Å². The highest BCUT2D eigenvalue weighted by atomic mass is 35.5. The van der Waals surface area contributed by atoms with Gasteiger partial charge in [0.15, 0.2) is 0 Å². The molecule has 5 nitrogen and oxygen atoms in total. The van der Waals surface area contributed by atoms with E-state index in [0.29, 0.717) is 23.7 Å². The Morgan fingerprint density at radius 1 is 1.32 bits per heavy atom. The Kier molecular flexibility index (Phi) is 4.52. The first-order valence-corrected chi connectivity index (χ1v) is 6.40. The number of hydrogen-bond donors (Lipinski definition) is 3. The molecule has 0 saturated heterocycles. The highest BCUT2D eigenvalue weighted by Crippen LogP contribution is 2.31. The van der Waals surface area contributed by atoms with Gasteiger partial charge >= 0.3 is 0 Å². The number of benzene rings is 1. The van der Waals surface area contributed by atoms with Crippen LogP contribution in [0.15, 0.2) is 24.5 Å². The minimum absolute atomic E-state index is 0.0151. The number of rotatable bonds is 5. The zero-order valence-corrected chi connectivity index (χ0v) is 11.5. The Balaban J connectivity index is 2.05. The third-order valence-corrected chi connectivity index (χ3v) is 3.06. The maximum absolute atomic E-state index is 9.80. The number of aromatic nitrogens is 2. The van der Waals surface area contributed by atoms with Gasteiger partial charge in [-0.3, -0.25) is 4.68 Å². The lowest BCUT2D eigenvalue weighted by Crippen LogP contribution is -2.02. The van der Waals surface area contributed by atoms with Crippen LogP contribution in [0.5, 0.6) is 5.75 Å². The van der Waals surface area contributed by atoms with Gasteiger partial charge in [0.2, 0.25) is 0 Å². The summed E-state index contributed by atoms with van der Waals surface area (Å²) >= 11 is 11.7. The number of halogens is 2.